The van der Waals surface area contributed by atoms with Gasteiger partial charge in [0.2, 0.25) is 5.95 Å². The Bertz CT molecular complexity index is 803. The molecule has 0 spiro atoms. The Hall–Kier alpha value is -2.11. The maximum atomic E-state index is 12.4. The van der Waals surface area contributed by atoms with Gasteiger partial charge in [-0.15, -0.1) is 0 Å². The zero-order chi connectivity index (χ0) is 18.4. The maximum absolute atomic E-state index is 12.4. The van der Waals surface area contributed by atoms with E-state index in [0.717, 1.165) is 13.0 Å². The second-order valence-corrected chi connectivity index (χ2v) is 7.04. The molecule has 5 nitrogen and oxygen atoms in total. The van der Waals surface area contributed by atoms with Gasteiger partial charge in [-0.05, 0) is 56.4 Å². The van der Waals surface area contributed by atoms with Crippen LogP contribution in [-0.2, 0) is 0 Å². The number of hydrogen-bond acceptors (Lipinski definition) is 4. The van der Waals surface area contributed by atoms with Crippen LogP contribution in [0.5, 0.6) is 0 Å². The van der Waals surface area contributed by atoms with Gasteiger partial charge in [0, 0.05) is 28.5 Å². The fourth-order valence-corrected chi connectivity index (χ4v) is 3.38. The van der Waals surface area contributed by atoms with Crippen molar-refractivity contribution in [3.63, 3.8) is 0 Å². The highest BCUT2D eigenvalue weighted by molar-refractivity contribution is 6.35. The van der Waals surface area contributed by atoms with E-state index in [2.05, 4.69) is 26.7 Å². The number of carbonyl (C=O) groups excluding carboxylic acids is 1. The van der Waals surface area contributed by atoms with Crippen molar-refractivity contribution in [3.05, 3.63) is 57.9 Å². The molecular formula is C19H20Cl2N4O. The molecule has 0 aliphatic heterocycles. The third-order valence-corrected chi connectivity index (χ3v) is 4.56. The molecule has 136 valence electrons. The number of nitrogens with one attached hydrogen (secondary N) is 2. The smallest absolute Gasteiger partial charge is 0.274 e. The van der Waals surface area contributed by atoms with Crippen LogP contribution in [0.15, 0.2) is 42.1 Å². The number of benzene rings is 1. The lowest BCUT2D eigenvalue weighted by molar-refractivity contribution is 0.102. The molecule has 1 aromatic carbocycles. The van der Waals surface area contributed by atoms with E-state index in [0.29, 0.717) is 21.7 Å². The molecule has 1 amide bonds. The van der Waals surface area contributed by atoms with E-state index in [1.165, 1.54) is 31.3 Å². The van der Waals surface area contributed by atoms with Gasteiger partial charge in [0.1, 0.15) is 5.69 Å². The van der Waals surface area contributed by atoms with Gasteiger partial charge in [-0.1, -0.05) is 34.9 Å². The molecule has 0 atom stereocenters. The standard InChI is InChI=1S/C19H20Cl2N4O/c20-14-10-15(21)12-16(11-14)24-18(26)17-7-9-23-19(25-17)22-8-6-13-4-2-1-3-5-13/h4,7,9-12H,1-3,5-6,8H2,(H,24,26)(H,22,23,25). The number of anilines is 2. The van der Waals surface area contributed by atoms with Crippen molar-refractivity contribution >= 4 is 40.7 Å². The Morgan fingerprint density at radius 2 is 1.96 bits per heavy atom. The predicted molar refractivity (Wildman–Crippen MR) is 106 cm³/mol. The fraction of sp³-hybridized carbons (Fsp3) is 0.316. The van der Waals surface area contributed by atoms with Crippen LogP contribution in [0, 0.1) is 0 Å². The molecule has 1 aliphatic rings. The summed E-state index contributed by atoms with van der Waals surface area (Å²) in [5.74, 6) is 0.0990. The van der Waals surface area contributed by atoms with Crippen LogP contribution in [0.2, 0.25) is 10.0 Å². The molecule has 0 saturated heterocycles. The predicted octanol–water partition coefficient (Wildman–Crippen LogP) is 5.34. The van der Waals surface area contributed by atoms with E-state index in [1.54, 1.807) is 30.5 Å². The number of aromatic nitrogens is 2. The summed E-state index contributed by atoms with van der Waals surface area (Å²) >= 11 is 11.9. The minimum absolute atomic E-state index is 0.274. The summed E-state index contributed by atoms with van der Waals surface area (Å²) in [6.07, 6.45) is 9.77. The van der Waals surface area contributed by atoms with Crippen molar-refractivity contribution in [2.24, 2.45) is 0 Å². The highest BCUT2D eigenvalue weighted by atomic mass is 35.5. The molecule has 0 bridgehead atoms. The van der Waals surface area contributed by atoms with Gasteiger partial charge in [0.05, 0.1) is 0 Å². The average molecular weight is 391 g/mol. The Morgan fingerprint density at radius 3 is 2.69 bits per heavy atom. The van der Waals surface area contributed by atoms with Crippen LogP contribution in [0.3, 0.4) is 0 Å². The highest BCUT2D eigenvalue weighted by Gasteiger charge is 2.10. The molecule has 1 aromatic heterocycles. The first-order valence-electron chi connectivity index (χ1n) is 8.62. The van der Waals surface area contributed by atoms with Crippen LogP contribution < -0.4 is 10.6 Å². The molecule has 3 rings (SSSR count). The normalized spacial score (nSPS) is 13.8. The monoisotopic (exact) mass is 390 g/mol. The van der Waals surface area contributed by atoms with Crippen molar-refractivity contribution in [1.29, 1.82) is 0 Å². The molecule has 26 heavy (non-hydrogen) atoms. The molecular weight excluding hydrogens is 371 g/mol. The third-order valence-electron chi connectivity index (χ3n) is 4.12. The first kappa shape index (κ1) is 18.7. The van der Waals surface area contributed by atoms with Gasteiger partial charge >= 0.3 is 0 Å². The van der Waals surface area contributed by atoms with Crippen LogP contribution in [0.25, 0.3) is 0 Å². The zero-order valence-electron chi connectivity index (χ0n) is 14.3. The summed E-state index contributed by atoms with van der Waals surface area (Å²) in [6.45, 7) is 0.751. The van der Waals surface area contributed by atoms with Gasteiger partial charge in [-0.3, -0.25) is 4.79 Å². The largest absolute Gasteiger partial charge is 0.354 e. The summed E-state index contributed by atoms with van der Waals surface area (Å²) in [6, 6.07) is 6.43. The number of halogens is 2. The molecule has 2 N–H and O–H groups in total. The third kappa shape index (κ3) is 5.44. The zero-order valence-corrected chi connectivity index (χ0v) is 15.8. The maximum Gasteiger partial charge on any atom is 0.274 e. The van der Waals surface area contributed by atoms with Gasteiger partial charge in [-0.25, -0.2) is 9.97 Å². The van der Waals surface area contributed by atoms with Gasteiger partial charge in [-0.2, -0.15) is 0 Å². The van der Waals surface area contributed by atoms with Gasteiger partial charge in [0.25, 0.3) is 5.91 Å². The number of nitrogens with zero attached hydrogens (tertiary/aromatic N) is 2. The van der Waals surface area contributed by atoms with E-state index in [9.17, 15) is 4.79 Å². The lowest BCUT2D eigenvalue weighted by Crippen LogP contribution is -2.15. The van der Waals surface area contributed by atoms with E-state index in [1.807, 2.05) is 0 Å². The topological polar surface area (TPSA) is 66.9 Å². The van der Waals surface area contributed by atoms with E-state index in [-0.39, 0.29) is 11.6 Å². The fourth-order valence-electron chi connectivity index (χ4n) is 2.86. The molecule has 2 aromatic rings. The SMILES string of the molecule is O=C(Nc1cc(Cl)cc(Cl)c1)c1ccnc(NCCC2=CCCCC2)n1. The van der Waals surface area contributed by atoms with Crippen molar-refractivity contribution in [1.82, 2.24) is 9.97 Å². The number of rotatable bonds is 6. The van der Waals surface area contributed by atoms with Crippen LogP contribution in [0.1, 0.15) is 42.6 Å². The minimum atomic E-state index is -0.344. The Kier molecular flexibility index (Phi) is 6.47. The Balaban J connectivity index is 1.59. The second-order valence-electron chi connectivity index (χ2n) is 6.16. The second kappa shape index (κ2) is 9.01. The number of allylic oxidation sites excluding steroid dienone is 1. The molecule has 0 radical (unpaired) electrons. The lowest BCUT2D eigenvalue weighted by Gasteiger charge is -2.13. The van der Waals surface area contributed by atoms with Crippen molar-refractivity contribution in [2.45, 2.75) is 32.1 Å². The van der Waals surface area contributed by atoms with Crippen LogP contribution in [0.4, 0.5) is 11.6 Å². The summed E-state index contributed by atoms with van der Waals surface area (Å²) in [5, 5.41) is 6.83. The van der Waals surface area contributed by atoms with E-state index in [4.69, 9.17) is 23.2 Å². The van der Waals surface area contributed by atoms with E-state index >= 15 is 0 Å². The Morgan fingerprint density at radius 1 is 1.15 bits per heavy atom. The van der Waals surface area contributed by atoms with Gasteiger partial charge < -0.3 is 10.6 Å². The molecule has 0 unspecified atom stereocenters. The highest BCUT2D eigenvalue weighted by Crippen LogP contribution is 2.23. The molecule has 0 saturated carbocycles. The van der Waals surface area contributed by atoms with Crippen molar-refractivity contribution in [3.8, 4) is 0 Å². The summed E-state index contributed by atoms with van der Waals surface area (Å²) in [5.41, 5.74) is 2.27. The van der Waals surface area contributed by atoms with E-state index < -0.39 is 0 Å². The molecule has 1 heterocycles. The molecule has 7 heteroatoms. The number of amides is 1. The Labute approximate surface area is 162 Å². The van der Waals surface area contributed by atoms with Crippen molar-refractivity contribution < 1.29 is 4.79 Å². The number of hydrogen-bond donors (Lipinski definition) is 2. The van der Waals surface area contributed by atoms with Crippen LogP contribution in [-0.4, -0.2) is 22.4 Å². The summed E-state index contributed by atoms with van der Waals surface area (Å²) < 4.78 is 0. The number of carbonyl (C=O) groups is 1. The van der Waals surface area contributed by atoms with Crippen molar-refractivity contribution in [2.75, 3.05) is 17.2 Å². The molecule has 1 aliphatic carbocycles. The summed E-state index contributed by atoms with van der Waals surface area (Å²) in [7, 11) is 0. The first-order valence-corrected chi connectivity index (χ1v) is 9.38. The van der Waals surface area contributed by atoms with Crippen LogP contribution >= 0.6 is 23.2 Å². The first-order chi connectivity index (χ1) is 12.6. The lowest BCUT2D eigenvalue weighted by atomic mass is 9.97. The minimum Gasteiger partial charge on any atom is -0.354 e. The summed E-state index contributed by atoms with van der Waals surface area (Å²) in [4.78, 5) is 20.8. The van der Waals surface area contributed by atoms with Gasteiger partial charge in [0.15, 0.2) is 0 Å². The molecule has 0 fully saturated rings. The quantitative estimate of drug-likeness (QED) is 0.653. The average Bonchev–Trinajstić information content (AvgIpc) is 2.62.